The Morgan fingerprint density at radius 2 is 0.860 bits per heavy atom. The minimum absolute atomic E-state index is 0.668. The van der Waals surface area contributed by atoms with E-state index in [-0.39, 0.29) is 0 Å². The van der Waals surface area contributed by atoms with Crippen molar-refractivity contribution in [1.29, 1.82) is 0 Å². The van der Waals surface area contributed by atoms with Crippen molar-refractivity contribution in [2.24, 2.45) is 0 Å². The fourth-order valence-corrected chi connectivity index (χ4v) is 9.26. The molecule has 10 aromatic rings. The predicted octanol–water partition coefficient (Wildman–Crippen LogP) is 12.9. The van der Waals surface area contributed by atoms with Crippen molar-refractivity contribution in [3.05, 3.63) is 164 Å². The zero-order chi connectivity index (χ0) is 33.0. The van der Waals surface area contributed by atoms with Crippen molar-refractivity contribution < 1.29 is 0 Å². The van der Waals surface area contributed by atoms with Crippen LogP contribution >= 0.6 is 22.7 Å². The molecule has 0 aliphatic heterocycles. The maximum absolute atomic E-state index is 5.24. The maximum Gasteiger partial charge on any atom is 0.165 e. The molecule has 0 radical (unpaired) electrons. The summed E-state index contributed by atoms with van der Waals surface area (Å²) in [6.45, 7) is 0. The summed E-state index contributed by atoms with van der Waals surface area (Å²) in [5, 5.41) is 4.86. The van der Waals surface area contributed by atoms with E-state index in [1.807, 2.05) is 18.2 Å². The largest absolute Gasteiger partial charge is 0.208 e. The Bertz CT molecular complexity index is 2850. The Morgan fingerprint density at radius 1 is 0.320 bits per heavy atom. The standard InChI is InChI=1S/C45H27N3S2/c1-3-11-28(12-4-1)29-21-23-30(24-22-29)32-25-26-39-37(27-32)33-16-9-18-36(42(33)50-39)45-47-43(31-13-5-2-6-14-31)46-44(48-45)35-17-10-20-40-41(35)34-15-7-8-19-38(34)49-40/h1-27H. The number of nitrogens with zero attached hydrogens (tertiary/aromatic N) is 3. The first-order valence-electron chi connectivity index (χ1n) is 16.6. The molecule has 0 amide bonds. The molecule has 234 valence electrons. The monoisotopic (exact) mass is 673 g/mol. The van der Waals surface area contributed by atoms with Gasteiger partial charge in [-0.2, -0.15) is 0 Å². The summed E-state index contributed by atoms with van der Waals surface area (Å²) in [5.41, 5.74) is 7.84. The summed E-state index contributed by atoms with van der Waals surface area (Å²) in [6.07, 6.45) is 0. The van der Waals surface area contributed by atoms with Gasteiger partial charge in [-0.25, -0.2) is 15.0 Å². The fourth-order valence-electron chi connectivity index (χ4n) is 6.93. The molecule has 0 fully saturated rings. The van der Waals surface area contributed by atoms with E-state index in [1.54, 1.807) is 22.7 Å². The Kier molecular flexibility index (Phi) is 6.86. The van der Waals surface area contributed by atoms with E-state index in [4.69, 9.17) is 15.0 Å². The lowest BCUT2D eigenvalue weighted by atomic mass is 9.99. The Morgan fingerprint density at radius 3 is 1.66 bits per heavy atom. The summed E-state index contributed by atoms with van der Waals surface area (Å²) in [5.74, 6) is 2.03. The van der Waals surface area contributed by atoms with E-state index in [0.717, 1.165) is 16.7 Å². The molecule has 3 nitrogen and oxygen atoms in total. The molecule has 3 heterocycles. The highest BCUT2D eigenvalue weighted by Gasteiger charge is 2.19. The summed E-state index contributed by atoms with van der Waals surface area (Å²) >= 11 is 3.60. The van der Waals surface area contributed by atoms with Crippen molar-refractivity contribution in [2.45, 2.75) is 0 Å². The predicted molar refractivity (Wildman–Crippen MR) is 213 cm³/mol. The third-order valence-electron chi connectivity index (χ3n) is 9.37. The molecule has 0 bridgehead atoms. The number of aromatic nitrogens is 3. The van der Waals surface area contributed by atoms with Gasteiger partial charge in [0.25, 0.3) is 0 Å². The second-order valence-corrected chi connectivity index (χ2v) is 14.5. The van der Waals surface area contributed by atoms with Gasteiger partial charge in [-0.3, -0.25) is 0 Å². The molecule has 10 rings (SSSR count). The number of benzene rings is 7. The minimum atomic E-state index is 0.668. The van der Waals surface area contributed by atoms with Crippen molar-refractivity contribution in [1.82, 2.24) is 15.0 Å². The number of hydrogen-bond acceptors (Lipinski definition) is 5. The van der Waals surface area contributed by atoms with Crippen LogP contribution in [0.15, 0.2) is 164 Å². The first-order chi connectivity index (χ1) is 24.8. The summed E-state index contributed by atoms with van der Waals surface area (Å²) < 4.78 is 4.90. The second-order valence-electron chi connectivity index (χ2n) is 12.4. The maximum atomic E-state index is 5.24. The van der Waals surface area contributed by atoms with Gasteiger partial charge in [0, 0.05) is 57.0 Å². The molecule has 5 heteroatoms. The van der Waals surface area contributed by atoms with Crippen LogP contribution in [0.4, 0.5) is 0 Å². The number of thiophene rings is 2. The van der Waals surface area contributed by atoms with Crippen LogP contribution in [-0.2, 0) is 0 Å². The zero-order valence-electron chi connectivity index (χ0n) is 26.7. The highest BCUT2D eigenvalue weighted by Crippen LogP contribution is 2.43. The molecule has 0 aliphatic rings. The number of hydrogen-bond donors (Lipinski definition) is 0. The van der Waals surface area contributed by atoms with Gasteiger partial charge in [-0.1, -0.05) is 133 Å². The fraction of sp³-hybridized carbons (Fsp3) is 0. The highest BCUT2D eigenvalue weighted by atomic mass is 32.1. The molecular weight excluding hydrogens is 647 g/mol. The molecule has 50 heavy (non-hydrogen) atoms. The Balaban J connectivity index is 1.13. The summed E-state index contributed by atoms with van der Waals surface area (Å²) in [7, 11) is 0. The zero-order valence-corrected chi connectivity index (χ0v) is 28.4. The van der Waals surface area contributed by atoms with Crippen molar-refractivity contribution in [3.63, 3.8) is 0 Å². The van der Waals surface area contributed by atoms with Gasteiger partial charge in [-0.15, -0.1) is 22.7 Å². The molecule has 0 atom stereocenters. The lowest BCUT2D eigenvalue weighted by Crippen LogP contribution is -2.00. The van der Waals surface area contributed by atoms with Crippen LogP contribution in [-0.4, -0.2) is 15.0 Å². The molecule has 7 aromatic carbocycles. The van der Waals surface area contributed by atoms with Crippen molar-refractivity contribution >= 4 is 63.0 Å². The smallest absolute Gasteiger partial charge is 0.165 e. The number of rotatable bonds is 5. The van der Waals surface area contributed by atoms with Gasteiger partial charge in [0.2, 0.25) is 0 Å². The second kappa shape index (κ2) is 11.8. The molecule has 3 aromatic heterocycles. The van der Waals surface area contributed by atoms with Crippen LogP contribution < -0.4 is 0 Å². The molecule has 0 saturated carbocycles. The quantitative estimate of drug-likeness (QED) is 0.182. The van der Waals surface area contributed by atoms with Crippen molar-refractivity contribution in [3.8, 4) is 56.4 Å². The van der Waals surface area contributed by atoms with E-state index in [1.165, 1.54) is 62.6 Å². The molecule has 0 N–H and O–H groups in total. The first-order valence-corrected chi connectivity index (χ1v) is 18.2. The topological polar surface area (TPSA) is 38.7 Å². The normalized spacial score (nSPS) is 11.6. The highest BCUT2D eigenvalue weighted by molar-refractivity contribution is 7.26. The SMILES string of the molecule is c1ccc(-c2ccc(-c3ccc4sc5c(-c6nc(-c7ccccc7)nc(-c7cccc8sc9ccccc9c78)n6)cccc5c4c3)cc2)cc1. The average Bonchev–Trinajstić information content (AvgIpc) is 3.77. The lowest BCUT2D eigenvalue weighted by Gasteiger charge is -2.10. The van der Waals surface area contributed by atoms with Gasteiger partial charge in [0.1, 0.15) is 0 Å². The summed E-state index contributed by atoms with van der Waals surface area (Å²) in [6, 6.07) is 57.9. The summed E-state index contributed by atoms with van der Waals surface area (Å²) in [4.78, 5) is 15.5. The minimum Gasteiger partial charge on any atom is -0.208 e. The van der Waals surface area contributed by atoms with E-state index >= 15 is 0 Å². The Labute approximate surface area is 296 Å². The van der Waals surface area contributed by atoms with Crippen LogP contribution in [0.2, 0.25) is 0 Å². The lowest BCUT2D eigenvalue weighted by molar-refractivity contribution is 1.08. The first kappa shape index (κ1) is 29.0. The molecule has 0 aliphatic carbocycles. The van der Waals surface area contributed by atoms with Gasteiger partial charge in [0.05, 0.1) is 0 Å². The van der Waals surface area contributed by atoms with E-state index in [9.17, 15) is 0 Å². The molecule has 0 spiro atoms. The van der Waals surface area contributed by atoms with Crippen molar-refractivity contribution in [2.75, 3.05) is 0 Å². The average molecular weight is 674 g/mol. The van der Waals surface area contributed by atoms with Gasteiger partial charge in [0.15, 0.2) is 17.5 Å². The van der Waals surface area contributed by atoms with E-state index in [0.29, 0.717) is 17.5 Å². The van der Waals surface area contributed by atoms with Gasteiger partial charge < -0.3 is 0 Å². The van der Waals surface area contributed by atoms with E-state index in [2.05, 4.69) is 146 Å². The van der Waals surface area contributed by atoms with Gasteiger partial charge >= 0.3 is 0 Å². The number of fused-ring (bicyclic) bond motifs is 6. The van der Waals surface area contributed by atoms with Gasteiger partial charge in [-0.05, 0) is 52.6 Å². The van der Waals surface area contributed by atoms with Crippen LogP contribution in [0, 0.1) is 0 Å². The third-order valence-corrected chi connectivity index (χ3v) is 11.7. The van der Waals surface area contributed by atoms with E-state index < -0.39 is 0 Å². The Hall–Kier alpha value is -6.01. The van der Waals surface area contributed by atoms with Crippen LogP contribution in [0.25, 0.3) is 96.8 Å². The van der Waals surface area contributed by atoms with Crippen LogP contribution in [0.1, 0.15) is 0 Å². The molecular formula is C45H27N3S2. The molecule has 0 saturated heterocycles. The van der Waals surface area contributed by atoms with Crippen LogP contribution in [0.5, 0.6) is 0 Å². The van der Waals surface area contributed by atoms with Crippen LogP contribution in [0.3, 0.4) is 0 Å². The third kappa shape index (κ3) is 4.90. The molecule has 0 unspecified atom stereocenters.